The molecule has 0 saturated carbocycles. The van der Waals surface area contributed by atoms with Crippen molar-refractivity contribution in [1.29, 1.82) is 0 Å². The number of pyridine rings is 1. The molecular formula is C22H21F6NO4. The van der Waals surface area contributed by atoms with Crippen LogP contribution in [0.5, 0.6) is 11.5 Å². The fourth-order valence-electron chi connectivity index (χ4n) is 3.79. The van der Waals surface area contributed by atoms with Gasteiger partial charge in [-0.2, -0.15) is 22.0 Å². The number of nitrogens with zero attached hydrogens (tertiary/aromatic N) is 1. The summed E-state index contributed by atoms with van der Waals surface area (Å²) < 4.78 is 94.5. The van der Waals surface area contributed by atoms with E-state index < -0.39 is 34.8 Å². The van der Waals surface area contributed by atoms with E-state index in [9.17, 15) is 26.7 Å². The van der Waals surface area contributed by atoms with Gasteiger partial charge in [0.2, 0.25) is 0 Å². The quantitative estimate of drug-likeness (QED) is 0.372. The zero-order chi connectivity index (χ0) is 24.8. The minimum Gasteiger partial charge on any atom is -0.497 e. The molecule has 0 aliphatic rings. The molecule has 5 nitrogen and oxygen atoms in total. The first-order chi connectivity index (χ1) is 15.3. The molecule has 180 valence electrons. The summed E-state index contributed by atoms with van der Waals surface area (Å²) in [6.45, 7) is 2.03. The van der Waals surface area contributed by atoms with Crippen molar-refractivity contribution >= 4 is 21.7 Å². The molecule has 3 aromatic rings. The van der Waals surface area contributed by atoms with Gasteiger partial charge in [-0.3, -0.25) is 4.79 Å². The van der Waals surface area contributed by atoms with E-state index in [2.05, 4.69) is 0 Å². The third kappa shape index (κ3) is 3.88. The van der Waals surface area contributed by atoms with E-state index in [0.717, 1.165) is 13.2 Å². The molecule has 0 fully saturated rings. The lowest BCUT2D eigenvalue weighted by molar-refractivity contribution is -0.375. The highest BCUT2D eigenvalue weighted by molar-refractivity contribution is 6.06. The van der Waals surface area contributed by atoms with Crippen LogP contribution in [0.25, 0.3) is 21.7 Å². The number of ether oxygens (including phenoxy) is 2. The lowest BCUT2D eigenvalue weighted by Gasteiger charge is -2.33. The number of aliphatic hydroxyl groups is 1. The van der Waals surface area contributed by atoms with Crippen molar-refractivity contribution in [1.82, 2.24) is 4.57 Å². The van der Waals surface area contributed by atoms with Gasteiger partial charge in [0.25, 0.3) is 5.56 Å². The fraction of sp³-hybridized carbons (Fsp3) is 0.409. The maximum absolute atomic E-state index is 15.1. The normalized spacial score (nSPS) is 14.5. The van der Waals surface area contributed by atoms with Crippen molar-refractivity contribution in [3.63, 3.8) is 0 Å². The molecule has 1 aromatic heterocycles. The van der Waals surface area contributed by atoms with E-state index in [0.29, 0.717) is 18.9 Å². The summed E-state index contributed by atoms with van der Waals surface area (Å²) in [7, 11) is 2.22. The van der Waals surface area contributed by atoms with Gasteiger partial charge < -0.3 is 19.1 Å². The van der Waals surface area contributed by atoms with Gasteiger partial charge in [0.1, 0.15) is 11.5 Å². The minimum absolute atomic E-state index is 0.0429. The number of hydrogen-bond donors (Lipinski definition) is 1. The summed E-state index contributed by atoms with van der Waals surface area (Å²) in [5, 5.41) is 8.99. The number of aryl methyl sites for hydroxylation is 1. The number of halogens is 6. The SMILES string of the molecule is CCCCn1c(=O)c2cc(OC)ccc2c2cc(C(F)(C(O)(F)F)C(F)(F)F)c(OC)cc21. The summed E-state index contributed by atoms with van der Waals surface area (Å²) in [6.07, 6.45) is -10.8. The van der Waals surface area contributed by atoms with Crippen molar-refractivity contribution < 1.29 is 40.9 Å². The van der Waals surface area contributed by atoms with Crippen LogP contribution in [0.2, 0.25) is 0 Å². The van der Waals surface area contributed by atoms with E-state index in [1.54, 1.807) is 0 Å². The Morgan fingerprint density at radius 2 is 1.61 bits per heavy atom. The smallest absolute Gasteiger partial charge is 0.435 e. The Morgan fingerprint density at radius 1 is 0.939 bits per heavy atom. The largest absolute Gasteiger partial charge is 0.497 e. The molecule has 1 N–H and O–H groups in total. The van der Waals surface area contributed by atoms with Gasteiger partial charge in [0.05, 0.1) is 30.7 Å². The van der Waals surface area contributed by atoms with Gasteiger partial charge in [-0.05, 0) is 36.1 Å². The lowest BCUT2D eigenvalue weighted by atomic mass is 9.90. The summed E-state index contributed by atoms with van der Waals surface area (Å²) in [6, 6.07) is 5.59. The molecule has 1 heterocycles. The van der Waals surface area contributed by atoms with E-state index in [1.807, 2.05) is 6.92 Å². The standard InChI is InChI=1S/C22H21F6NO4/c1-4-5-8-29-17-11-18(33-3)16(20(23,21(24,25)26)22(27,28)31)10-14(17)13-7-6-12(32-2)9-15(13)19(29)30/h6-7,9-11,31H,4-5,8H2,1-3H3. The Bertz CT molecular complexity index is 1230. The molecule has 2 aromatic carbocycles. The average Bonchev–Trinajstić information content (AvgIpc) is 2.75. The Kier molecular flexibility index (Phi) is 6.31. The third-order valence-electron chi connectivity index (χ3n) is 5.51. The van der Waals surface area contributed by atoms with Gasteiger partial charge in [0, 0.05) is 18.0 Å². The van der Waals surface area contributed by atoms with Crippen LogP contribution in [-0.4, -0.2) is 36.2 Å². The van der Waals surface area contributed by atoms with Gasteiger partial charge in [0.15, 0.2) is 0 Å². The lowest BCUT2D eigenvalue weighted by Crippen LogP contribution is -2.52. The van der Waals surface area contributed by atoms with Gasteiger partial charge in [-0.15, -0.1) is 0 Å². The van der Waals surface area contributed by atoms with Crippen LogP contribution in [0.4, 0.5) is 26.3 Å². The van der Waals surface area contributed by atoms with E-state index >= 15 is 4.39 Å². The monoisotopic (exact) mass is 477 g/mol. The van der Waals surface area contributed by atoms with Crippen molar-refractivity contribution in [3.8, 4) is 11.5 Å². The van der Waals surface area contributed by atoms with Crippen LogP contribution in [0.3, 0.4) is 0 Å². The zero-order valence-corrected chi connectivity index (χ0v) is 17.9. The topological polar surface area (TPSA) is 60.7 Å². The molecule has 11 heteroatoms. The molecule has 0 amide bonds. The molecule has 0 saturated heterocycles. The van der Waals surface area contributed by atoms with Crippen molar-refractivity contribution in [3.05, 3.63) is 46.2 Å². The molecule has 1 unspecified atom stereocenters. The number of unbranched alkanes of at least 4 members (excludes halogenated alkanes) is 1. The van der Waals surface area contributed by atoms with Gasteiger partial charge in [-0.25, -0.2) is 4.39 Å². The van der Waals surface area contributed by atoms with Crippen LogP contribution in [-0.2, 0) is 12.2 Å². The molecule has 3 rings (SSSR count). The third-order valence-corrected chi connectivity index (χ3v) is 5.51. The van der Waals surface area contributed by atoms with Crippen molar-refractivity contribution in [2.45, 2.75) is 44.3 Å². The van der Waals surface area contributed by atoms with E-state index in [1.165, 1.54) is 29.9 Å². The highest BCUT2D eigenvalue weighted by Crippen LogP contribution is 2.54. The van der Waals surface area contributed by atoms with E-state index in [4.69, 9.17) is 14.6 Å². The molecular weight excluding hydrogens is 456 g/mol. The summed E-state index contributed by atoms with van der Waals surface area (Å²) in [5.74, 6) is -0.611. The summed E-state index contributed by atoms with van der Waals surface area (Å²) >= 11 is 0. The number of rotatable bonds is 7. The molecule has 0 radical (unpaired) electrons. The molecule has 33 heavy (non-hydrogen) atoms. The van der Waals surface area contributed by atoms with Crippen LogP contribution in [0, 0.1) is 0 Å². The van der Waals surface area contributed by atoms with Crippen LogP contribution in [0.1, 0.15) is 25.3 Å². The molecule has 0 spiro atoms. The van der Waals surface area contributed by atoms with Crippen molar-refractivity contribution in [2.24, 2.45) is 0 Å². The fourth-order valence-corrected chi connectivity index (χ4v) is 3.79. The Hall–Kier alpha value is -2.95. The Balaban J connectivity index is 2.55. The van der Waals surface area contributed by atoms with Crippen LogP contribution in [0.15, 0.2) is 35.1 Å². The van der Waals surface area contributed by atoms with E-state index in [-0.39, 0.29) is 34.0 Å². The number of hydrogen-bond acceptors (Lipinski definition) is 4. The number of alkyl halides is 6. The van der Waals surface area contributed by atoms with Gasteiger partial charge >= 0.3 is 18.0 Å². The molecule has 0 aliphatic heterocycles. The Labute approximate surface area is 184 Å². The average molecular weight is 477 g/mol. The van der Waals surface area contributed by atoms with Crippen molar-refractivity contribution in [2.75, 3.05) is 14.2 Å². The first-order valence-electron chi connectivity index (χ1n) is 9.90. The molecule has 1 atom stereocenters. The van der Waals surface area contributed by atoms with Gasteiger partial charge in [-0.1, -0.05) is 13.3 Å². The minimum atomic E-state index is -6.19. The summed E-state index contributed by atoms with van der Waals surface area (Å²) in [5.41, 5.74) is -7.51. The molecule has 0 aliphatic carbocycles. The highest BCUT2D eigenvalue weighted by atomic mass is 19.4. The van der Waals surface area contributed by atoms with Crippen LogP contribution >= 0.6 is 0 Å². The molecule has 0 bridgehead atoms. The highest BCUT2D eigenvalue weighted by Gasteiger charge is 2.73. The zero-order valence-electron chi connectivity index (χ0n) is 17.9. The Morgan fingerprint density at radius 3 is 2.12 bits per heavy atom. The number of benzene rings is 2. The second kappa shape index (κ2) is 8.44. The number of methoxy groups -OCH3 is 2. The number of fused-ring (bicyclic) bond motifs is 3. The first kappa shape index (κ1) is 24.7. The number of aromatic nitrogens is 1. The second-order valence-electron chi connectivity index (χ2n) is 7.49. The first-order valence-corrected chi connectivity index (χ1v) is 9.90. The maximum Gasteiger partial charge on any atom is 0.435 e. The maximum atomic E-state index is 15.1. The predicted molar refractivity (Wildman–Crippen MR) is 110 cm³/mol. The second-order valence-corrected chi connectivity index (χ2v) is 7.49. The van der Waals surface area contributed by atoms with Crippen LogP contribution < -0.4 is 15.0 Å². The summed E-state index contributed by atoms with van der Waals surface area (Å²) in [4.78, 5) is 13.2. The predicted octanol–water partition coefficient (Wildman–Crippen LogP) is 5.28.